The number of rotatable bonds is 8. The van der Waals surface area contributed by atoms with Gasteiger partial charge in [0.25, 0.3) is 5.91 Å². The lowest BCUT2D eigenvalue weighted by Crippen LogP contribution is -2.66. The molecule has 2 N–H and O–H groups in total. The van der Waals surface area contributed by atoms with E-state index in [9.17, 15) is 19.2 Å². The first-order valence-electron chi connectivity index (χ1n) is 17.0. The maximum atomic E-state index is 14.4. The Morgan fingerprint density at radius 1 is 0.820 bits per heavy atom. The van der Waals surface area contributed by atoms with Crippen molar-refractivity contribution in [2.24, 2.45) is 0 Å². The maximum Gasteiger partial charge on any atom is 0.331 e. The number of carbonyl (C=O) groups is 4. The fraction of sp³-hybridized carbons (Fsp3) is 0.250. The standard InChI is InChI=1S/C40H40N6O4/c1-26(2)46(40(50)41-3)44-25-37(47)45-35(39(49)43(24-36(44)45)23-30-14-8-12-28-10-4-6-15-32(28)30)22-27-18-20-31(21-19-27)42-38(48)34-17-9-13-29-11-5-7-16-33(29)34/h4-21,26,35-36H,22-25H2,1-3H3,(H,41,50)(H,42,48)/t35-,36+/m0/s1. The molecule has 50 heavy (non-hydrogen) atoms. The summed E-state index contributed by atoms with van der Waals surface area (Å²) >= 11 is 0. The van der Waals surface area contributed by atoms with Gasteiger partial charge in [0.15, 0.2) is 0 Å². The summed E-state index contributed by atoms with van der Waals surface area (Å²) in [6.07, 6.45) is -0.251. The second-order valence-corrected chi connectivity index (χ2v) is 13.1. The zero-order chi connectivity index (χ0) is 34.9. The van der Waals surface area contributed by atoms with Crippen molar-refractivity contribution >= 4 is 51.0 Å². The minimum Gasteiger partial charge on any atom is -0.340 e. The first-order chi connectivity index (χ1) is 24.2. The van der Waals surface area contributed by atoms with Crippen LogP contribution in [0.15, 0.2) is 109 Å². The molecule has 0 radical (unpaired) electrons. The number of fused-ring (bicyclic) bond motifs is 3. The first kappa shape index (κ1) is 32.8. The molecule has 2 heterocycles. The number of anilines is 1. The van der Waals surface area contributed by atoms with Crippen LogP contribution in [0.5, 0.6) is 0 Å². The largest absolute Gasteiger partial charge is 0.340 e. The van der Waals surface area contributed by atoms with Crippen molar-refractivity contribution in [3.63, 3.8) is 0 Å². The molecule has 10 heteroatoms. The predicted molar refractivity (Wildman–Crippen MR) is 194 cm³/mol. The van der Waals surface area contributed by atoms with Crippen molar-refractivity contribution in [2.75, 3.05) is 25.5 Å². The molecule has 0 saturated carbocycles. The van der Waals surface area contributed by atoms with Crippen LogP contribution >= 0.6 is 0 Å². The highest BCUT2D eigenvalue weighted by molar-refractivity contribution is 6.13. The lowest BCUT2D eigenvalue weighted by molar-refractivity contribution is -0.158. The number of carbonyl (C=O) groups excluding carboxylic acids is 4. The Balaban J connectivity index is 1.17. The van der Waals surface area contributed by atoms with Crippen LogP contribution in [0.25, 0.3) is 21.5 Å². The van der Waals surface area contributed by atoms with E-state index in [1.807, 2.05) is 110 Å². The number of piperazine rings is 1. The van der Waals surface area contributed by atoms with Gasteiger partial charge >= 0.3 is 6.03 Å². The topological polar surface area (TPSA) is 105 Å². The Morgan fingerprint density at radius 3 is 2.16 bits per heavy atom. The van der Waals surface area contributed by atoms with E-state index in [0.717, 1.165) is 32.7 Å². The lowest BCUT2D eigenvalue weighted by atomic mass is 9.98. The normalized spacial score (nSPS) is 17.8. The van der Waals surface area contributed by atoms with Crippen molar-refractivity contribution < 1.29 is 19.2 Å². The molecule has 7 rings (SSSR count). The average molecular weight is 669 g/mol. The minimum atomic E-state index is -0.781. The number of hydrogen-bond donors (Lipinski definition) is 2. The highest BCUT2D eigenvalue weighted by Gasteiger charge is 2.52. The van der Waals surface area contributed by atoms with Gasteiger partial charge in [0.1, 0.15) is 12.2 Å². The van der Waals surface area contributed by atoms with Crippen LogP contribution in [-0.4, -0.2) is 82.0 Å². The molecular weight excluding hydrogens is 628 g/mol. The van der Waals surface area contributed by atoms with Gasteiger partial charge < -0.3 is 20.4 Å². The molecule has 0 aliphatic carbocycles. The number of hydrazine groups is 1. The molecule has 0 spiro atoms. The predicted octanol–water partition coefficient (Wildman–Crippen LogP) is 5.63. The van der Waals surface area contributed by atoms with E-state index < -0.39 is 12.2 Å². The molecule has 0 unspecified atom stereocenters. The SMILES string of the molecule is CNC(=O)N(C(C)C)N1CC(=O)N2[C@@H](Cc3ccc(NC(=O)c4cccc5ccccc45)cc3)C(=O)N(Cc3cccc4ccccc34)C[C@@H]21. The summed E-state index contributed by atoms with van der Waals surface area (Å²) in [5, 5.41) is 13.1. The van der Waals surface area contributed by atoms with E-state index in [4.69, 9.17) is 0 Å². The summed E-state index contributed by atoms with van der Waals surface area (Å²) < 4.78 is 0. The summed E-state index contributed by atoms with van der Waals surface area (Å²) in [6.45, 7) is 4.42. The van der Waals surface area contributed by atoms with Crippen LogP contribution in [0.3, 0.4) is 0 Å². The van der Waals surface area contributed by atoms with Crippen LogP contribution in [0, 0.1) is 0 Å². The first-order valence-corrected chi connectivity index (χ1v) is 17.0. The summed E-state index contributed by atoms with van der Waals surface area (Å²) in [4.78, 5) is 58.0. The van der Waals surface area contributed by atoms with E-state index in [2.05, 4.69) is 28.8 Å². The number of amides is 5. The van der Waals surface area contributed by atoms with Gasteiger partial charge in [-0.1, -0.05) is 91.0 Å². The Hall–Kier alpha value is -5.74. The number of nitrogens with zero attached hydrogens (tertiary/aromatic N) is 4. The van der Waals surface area contributed by atoms with Gasteiger partial charge in [0.2, 0.25) is 11.8 Å². The average Bonchev–Trinajstić information content (AvgIpc) is 3.44. The second kappa shape index (κ2) is 13.6. The highest BCUT2D eigenvalue weighted by atomic mass is 16.2. The van der Waals surface area contributed by atoms with Crippen molar-refractivity contribution in [1.29, 1.82) is 0 Å². The van der Waals surface area contributed by atoms with Gasteiger partial charge in [-0.25, -0.2) is 4.79 Å². The van der Waals surface area contributed by atoms with Crippen molar-refractivity contribution in [3.05, 3.63) is 126 Å². The lowest BCUT2D eigenvalue weighted by Gasteiger charge is -2.47. The highest BCUT2D eigenvalue weighted by Crippen LogP contribution is 2.32. The monoisotopic (exact) mass is 668 g/mol. The van der Waals surface area contributed by atoms with Crippen LogP contribution in [0.4, 0.5) is 10.5 Å². The molecule has 5 amide bonds. The van der Waals surface area contributed by atoms with Gasteiger partial charge in [-0.3, -0.25) is 19.4 Å². The summed E-state index contributed by atoms with van der Waals surface area (Å²) in [7, 11) is 1.57. The summed E-state index contributed by atoms with van der Waals surface area (Å²) in [6, 6.07) is 33.7. The molecule has 0 aromatic heterocycles. The van der Waals surface area contributed by atoms with Crippen molar-refractivity contribution in [2.45, 2.75) is 45.1 Å². The number of urea groups is 1. The molecule has 2 aliphatic heterocycles. The quantitative estimate of drug-likeness (QED) is 0.223. The minimum absolute atomic E-state index is 0.0126. The molecule has 10 nitrogen and oxygen atoms in total. The molecular formula is C40H40N6O4. The maximum absolute atomic E-state index is 14.4. The number of hydrogen-bond acceptors (Lipinski definition) is 5. The molecule has 2 atom stereocenters. The molecule has 5 aromatic carbocycles. The van der Waals surface area contributed by atoms with E-state index in [1.54, 1.807) is 22.0 Å². The number of benzene rings is 5. The smallest absolute Gasteiger partial charge is 0.331 e. The summed E-state index contributed by atoms with van der Waals surface area (Å²) in [5.74, 6) is -0.557. The Kier molecular flexibility index (Phi) is 8.95. The fourth-order valence-electron chi connectivity index (χ4n) is 7.33. The Morgan fingerprint density at radius 2 is 1.46 bits per heavy atom. The summed E-state index contributed by atoms with van der Waals surface area (Å²) in [5.41, 5.74) is 3.06. The van der Waals surface area contributed by atoms with E-state index in [1.165, 1.54) is 0 Å². The Bertz CT molecular complexity index is 2090. The van der Waals surface area contributed by atoms with Gasteiger partial charge in [0, 0.05) is 37.3 Å². The van der Waals surface area contributed by atoms with Crippen LogP contribution in [0.2, 0.25) is 0 Å². The molecule has 2 fully saturated rings. The Labute approximate surface area is 291 Å². The fourth-order valence-corrected chi connectivity index (χ4v) is 7.33. The van der Waals surface area contributed by atoms with Crippen molar-refractivity contribution in [3.8, 4) is 0 Å². The van der Waals surface area contributed by atoms with E-state index in [-0.39, 0.29) is 49.3 Å². The van der Waals surface area contributed by atoms with Crippen molar-refractivity contribution in [1.82, 2.24) is 25.1 Å². The molecule has 2 aliphatic rings. The van der Waals surface area contributed by atoms with Gasteiger partial charge in [0.05, 0.1) is 13.1 Å². The van der Waals surface area contributed by atoms with E-state index in [0.29, 0.717) is 17.8 Å². The zero-order valence-electron chi connectivity index (χ0n) is 28.4. The van der Waals surface area contributed by atoms with Gasteiger partial charge in [-0.15, -0.1) is 0 Å². The van der Waals surface area contributed by atoms with E-state index >= 15 is 0 Å². The van der Waals surface area contributed by atoms with Crippen LogP contribution in [0.1, 0.15) is 35.3 Å². The third-order valence-electron chi connectivity index (χ3n) is 9.67. The number of nitrogens with one attached hydrogen (secondary N) is 2. The second-order valence-electron chi connectivity index (χ2n) is 13.1. The molecule has 5 aromatic rings. The molecule has 2 saturated heterocycles. The van der Waals surface area contributed by atoms with Crippen LogP contribution in [-0.2, 0) is 22.6 Å². The molecule has 0 bridgehead atoms. The van der Waals surface area contributed by atoms with Gasteiger partial charge in [-0.05, 0) is 64.7 Å². The zero-order valence-corrected chi connectivity index (χ0v) is 28.4. The van der Waals surface area contributed by atoms with Crippen LogP contribution < -0.4 is 10.6 Å². The third-order valence-corrected chi connectivity index (χ3v) is 9.67. The van der Waals surface area contributed by atoms with Gasteiger partial charge in [-0.2, -0.15) is 5.01 Å². The molecule has 254 valence electrons. The third kappa shape index (κ3) is 6.14.